The van der Waals surface area contributed by atoms with Crippen LogP contribution in [0.5, 0.6) is 0 Å². The third-order valence-electron chi connectivity index (χ3n) is 5.62. The summed E-state index contributed by atoms with van der Waals surface area (Å²) >= 11 is 0. The van der Waals surface area contributed by atoms with E-state index in [1.54, 1.807) is 12.1 Å². The van der Waals surface area contributed by atoms with Gasteiger partial charge in [-0.3, -0.25) is 0 Å². The number of hydrogen-bond acceptors (Lipinski definition) is 4. The first-order chi connectivity index (χ1) is 14.3. The molecule has 0 saturated carbocycles. The summed E-state index contributed by atoms with van der Waals surface area (Å²) in [5.41, 5.74) is 5.46. The second kappa shape index (κ2) is 9.49. The Morgan fingerprint density at radius 3 is 2.23 bits per heavy atom. The van der Waals surface area contributed by atoms with E-state index >= 15 is 0 Å². The van der Waals surface area contributed by atoms with Crippen LogP contribution in [0, 0.1) is 13.8 Å². The van der Waals surface area contributed by atoms with Gasteiger partial charge in [0.15, 0.2) is 0 Å². The van der Waals surface area contributed by atoms with E-state index < -0.39 is 10.0 Å². The van der Waals surface area contributed by atoms with E-state index in [0.717, 1.165) is 18.7 Å². The highest BCUT2D eigenvalue weighted by Gasteiger charge is 2.22. The van der Waals surface area contributed by atoms with Crippen LogP contribution in [0.25, 0.3) is 0 Å². The number of benzene rings is 2. The number of amides is 2. The molecule has 30 heavy (non-hydrogen) atoms. The molecule has 8 heteroatoms. The number of carbonyl (C=O) groups excluding carboxylic acids is 1. The average Bonchev–Trinajstić information content (AvgIpc) is 2.75. The predicted octanol–water partition coefficient (Wildman–Crippen LogP) is 2.38. The van der Waals surface area contributed by atoms with Crippen LogP contribution in [0.1, 0.15) is 22.3 Å². The predicted molar refractivity (Wildman–Crippen MR) is 120 cm³/mol. The zero-order chi connectivity index (χ0) is 21.7. The Morgan fingerprint density at radius 1 is 0.967 bits per heavy atom. The molecule has 1 fully saturated rings. The minimum absolute atomic E-state index is 0.0547. The molecular formula is C22H30N4O3S. The summed E-state index contributed by atoms with van der Waals surface area (Å²) in [6, 6.07) is 13.5. The Kier molecular flexibility index (Phi) is 6.99. The molecule has 2 aromatic rings. The lowest BCUT2D eigenvalue weighted by molar-refractivity contribution is 0.194. The van der Waals surface area contributed by atoms with Crippen LogP contribution in [0.2, 0.25) is 0 Å². The molecule has 1 saturated heterocycles. The Hall–Kier alpha value is -2.58. The summed E-state index contributed by atoms with van der Waals surface area (Å²) in [6.45, 7) is 7.66. The number of carbonyl (C=O) groups is 1. The van der Waals surface area contributed by atoms with Crippen LogP contribution in [-0.2, 0) is 22.3 Å². The maximum atomic E-state index is 12.5. The number of aryl methyl sites for hydroxylation is 1. The summed E-state index contributed by atoms with van der Waals surface area (Å²) < 4.78 is 25.5. The first-order valence-corrected chi connectivity index (χ1v) is 11.8. The number of urea groups is 1. The van der Waals surface area contributed by atoms with Crippen molar-refractivity contribution >= 4 is 21.7 Å². The molecule has 0 unspecified atom stereocenters. The van der Waals surface area contributed by atoms with Crippen LogP contribution >= 0.6 is 0 Å². The van der Waals surface area contributed by atoms with Gasteiger partial charge >= 0.3 is 6.03 Å². The van der Waals surface area contributed by atoms with Crippen LogP contribution < -0.4 is 14.9 Å². The molecule has 1 aliphatic heterocycles. The normalized spacial score (nSPS) is 14.6. The minimum Gasteiger partial charge on any atom is -0.368 e. The van der Waals surface area contributed by atoms with E-state index in [-0.39, 0.29) is 11.8 Å². The Labute approximate surface area is 179 Å². The van der Waals surface area contributed by atoms with E-state index in [1.807, 2.05) is 17.0 Å². The van der Waals surface area contributed by atoms with E-state index in [0.29, 0.717) is 25.2 Å². The number of piperazine rings is 1. The van der Waals surface area contributed by atoms with E-state index in [1.165, 1.54) is 23.9 Å². The van der Waals surface area contributed by atoms with Gasteiger partial charge in [0.05, 0.1) is 5.75 Å². The molecule has 0 aliphatic carbocycles. The zero-order valence-electron chi connectivity index (χ0n) is 17.8. The number of nitrogens with zero attached hydrogens (tertiary/aromatic N) is 2. The van der Waals surface area contributed by atoms with Gasteiger partial charge in [0.2, 0.25) is 10.0 Å². The molecule has 0 spiro atoms. The van der Waals surface area contributed by atoms with E-state index in [2.05, 4.69) is 47.0 Å². The molecule has 0 aromatic heterocycles. The highest BCUT2D eigenvalue weighted by atomic mass is 32.2. The largest absolute Gasteiger partial charge is 0.368 e. The molecule has 3 rings (SSSR count). The maximum absolute atomic E-state index is 12.5. The molecule has 0 atom stereocenters. The van der Waals surface area contributed by atoms with Gasteiger partial charge in [0.1, 0.15) is 0 Å². The highest BCUT2D eigenvalue weighted by Crippen LogP contribution is 2.23. The molecule has 7 nitrogen and oxygen atoms in total. The summed E-state index contributed by atoms with van der Waals surface area (Å²) in [7, 11) is -1.88. The topological polar surface area (TPSA) is 81.8 Å². The van der Waals surface area contributed by atoms with Crippen molar-refractivity contribution < 1.29 is 13.2 Å². The van der Waals surface area contributed by atoms with Crippen molar-refractivity contribution in [2.45, 2.75) is 26.1 Å². The third-order valence-corrected chi connectivity index (χ3v) is 6.95. The van der Waals surface area contributed by atoms with Crippen molar-refractivity contribution in [1.82, 2.24) is 14.9 Å². The monoisotopic (exact) mass is 430 g/mol. The maximum Gasteiger partial charge on any atom is 0.317 e. The fourth-order valence-electron chi connectivity index (χ4n) is 3.56. The molecule has 162 valence electrons. The standard InChI is InChI=1S/C22H30N4O3S/c1-17-5-4-6-21(18(17)2)25-11-13-26(14-12-25)22(27)24-15-19-7-9-20(10-8-19)16-30(28,29)23-3/h4-10,23H,11-16H2,1-3H3,(H,24,27). The van der Waals surface area contributed by atoms with Crippen LogP contribution in [0.4, 0.5) is 10.5 Å². The van der Waals surface area contributed by atoms with Gasteiger partial charge in [0.25, 0.3) is 0 Å². The molecule has 2 amide bonds. The number of sulfonamides is 1. The number of anilines is 1. The summed E-state index contributed by atoms with van der Waals surface area (Å²) in [4.78, 5) is 16.7. The zero-order valence-corrected chi connectivity index (χ0v) is 18.6. The Morgan fingerprint density at radius 2 is 1.60 bits per heavy atom. The van der Waals surface area contributed by atoms with Gasteiger partial charge in [-0.2, -0.15) is 0 Å². The number of rotatable bonds is 6. The van der Waals surface area contributed by atoms with E-state index in [9.17, 15) is 13.2 Å². The summed E-state index contributed by atoms with van der Waals surface area (Å²) in [6.07, 6.45) is 0. The van der Waals surface area contributed by atoms with E-state index in [4.69, 9.17) is 0 Å². The second-order valence-electron chi connectivity index (χ2n) is 7.63. The third kappa shape index (κ3) is 5.52. The van der Waals surface area contributed by atoms with Gasteiger partial charge in [-0.05, 0) is 49.2 Å². The molecule has 2 N–H and O–H groups in total. The van der Waals surface area contributed by atoms with Crippen molar-refractivity contribution in [3.8, 4) is 0 Å². The van der Waals surface area contributed by atoms with Gasteiger partial charge in [-0.1, -0.05) is 36.4 Å². The van der Waals surface area contributed by atoms with Crippen molar-refractivity contribution in [3.05, 3.63) is 64.7 Å². The molecular weight excluding hydrogens is 400 g/mol. The summed E-state index contributed by atoms with van der Waals surface area (Å²) in [5.74, 6) is -0.0547. The molecule has 1 aliphatic rings. The van der Waals surface area contributed by atoms with Crippen molar-refractivity contribution in [2.24, 2.45) is 0 Å². The number of hydrogen-bond donors (Lipinski definition) is 2. The second-order valence-corrected chi connectivity index (χ2v) is 9.56. The lowest BCUT2D eigenvalue weighted by atomic mass is 10.1. The Bertz CT molecular complexity index is 982. The first-order valence-electron chi connectivity index (χ1n) is 10.1. The summed E-state index contributed by atoms with van der Waals surface area (Å²) in [5, 5.41) is 2.96. The van der Waals surface area contributed by atoms with Crippen LogP contribution in [0.15, 0.2) is 42.5 Å². The quantitative estimate of drug-likeness (QED) is 0.737. The minimum atomic E-state index is -3.29. The Balaban J connectivity index is 1.49. The molecule has 2 aromatic carbocycles. The van der Waals surface area contributed by atoms with Crippen LogP contribution in [-0.4, -0.2) is 52.6 Å². The highest BCUT2D eigenvalue weighted by molar-refractivity contribution is 7.88. The fourth-order valence-corrected chi connectivity index (χ4v) is 4.34. The first kappa shape index (κ1) is 22.1. The number of nitrogens with one attached hydrogen (secondary N) is 2. The van der Waals surface area contributed by atoms with Gasteiger partial charge in [-0.25, -0.2) is 17.9 Å². The molecule has 0 bridgehead atoms. The molecule has 1 heterocycles. The van der Waals surface area contributed by atoms with Crippen molar-refractivity contribution in [2.75, 3.05) is 38.1 Å². The van der Waals surface area contributed by atoms with Crippen molar-refractivity contribution in [1.29, 1.82) is 0 Å². The van der Waals surface area contributed by atoms with Gasteiger partial charge < -0.3 is 15.1 Å². The lowest BCUT2D eigenvalue weighted by Crippen LogP contribution is -2.51. The lowest BCUT2D eigenvalue weighted by Gasteiger charge is -2.37. The van der Waals surface area contributed by atoms with Crippen LogP contribution in [0.3, 0.4) is 0 Å². The smallest absolute Gasteiger partial charge is 0.317 e. The van der Waals surface area contributed by atoms with Crippen molar-refractivity contribution in [3.63, 3.8) is 0 Å². The average molecular weight is 431 g/mol. The van der Waals surface area contributed by atoms with Gasteiger partial charge in [0, 0.05) is 38.4 Å². The van der Waals surface area contributed by atoms with Gasteiger partial charge in [-0.15, -0.1) is 0 Å². The fraction of sp³-hybridized carbons (Fsp3) is 0.409. The SMILES string of the molecule is CNS(=O)(=O)Cc1ccc(CNC(=O)N2CCN(c3cccc(C)c3C)CC2)cc1. The molecule has 0 radical (unpaired) electrons.